The number of piperidine rings is 4. The molecule has 20 rings (SSSR count). The predicted molar refractivity (Wildman–Crippen MR) is 506 cm³/mol. The van der Waals surface area contributed by atoms with E-state index < -0.39 is 51.8 Å². The van der Waals surface area contributed by atoms with Crippen molar-refractivity contribution in [3.8, 4) is 68.3 Å². The maximum atomic E-state index is 15.4. The van der Waals surface area contributed by atoms with Gasteiger partial charge in [0.15, 0.2) is 11.6 Å². The van der Waals surface area contributed by atoms with Crippen molar-refractivity contribution in [1.29, 1.82) is 0 Å². The molecule has 0 N–H and O–H groups in total. The van der Waals surface area contributed by atoms with Gasteiger partial charge in [-0.1, -0.05) is 112 Å². The molecule has 0 radical (unpaired) electrons. The van der Waals surface area contributed by atoms with Crippen LogP contribution in [0, 0.1) is 109 Å². The molecular weight excluding hydrogens is 1760 g/mol. The average molecular weight is 1850 g/mol. The monoisotopic (exact) mass is 1850 g/mol. The Morgan fingerprint density at radius 2 is 0.578 bits per heavy atom. The first kappa shape index (κ1) is 92.9. The number of rotatable bonds is 16. The number of nitrogens with zero attached hydrogens (tertiary/aromatic N) is 16. The molecule has 0 bridgehead atoms. The number of aromatic nitrogens is 8. The van der Waals surface area contributed by atoms with Crippen molar-refractivity contribution >= 4 is 57.6 Å². The van der Waals surface area contributed by atoms with Gasteiger partial charge in [0.1, 0.15) is 86.5 Å². The topological polar surface area (TPSA) is 170 Å². The summed E-state index contributed by atoms with van der Waals surface area (Å²) in [5.41, 5.74) is 2.58. The first-order chi connectivity index (χ1) is 65.0. The van der Waals surface area contributed by atoms with E-state index in [0.29, 0.717) is 123 Å². The molecule has 8 heterocycles. The first-order valence-electron chi connectivity index (χ1n) is 45.9. The molecule has 4 aliphatic carbocycles. The van der Waals surface area contributed by atoms with Crippen molar-refractivity contribution in [2.45, 2.75) is 161 Å². The molecule has 4 saturated heterocycles. The fourth-order valence-electron chi connectivity index (χ4n) is 18.0. The quantitative estimate of drug-likeness (QED) is 0.0664. The third kappa shape index (κ3) is 19.9. The highest BCUT2D eigenvalue weighted by Gasteiger charge is 2.36. The summed E-state index contributed by atoms with van der Waals surface area (Å²) in [7, 11) is 0. The van der Waals surface area contributed by atoms with Crippen molar-refractivity contribution in [2.24, 2.45) is 23.7 Å². The van der Waals surface area contributed by atoms with Gasteiger partial charge >= 0.3 is 0 Å². The van der Waals surface area contributed by atoms with Crippen molar-refractivity contribution in [1.82, 2.24) is 38.2 Å². The zero-order valence-electron chi connectivity index (χ0n) is 75.1. The molecule has 8 aromatic carbocycles. The minimum Gasteiger partial charge on any atom is -0.356 e. The van der Waals surface area contributed by atoms with Gasteiger partial charge in [-0.3, -0.25) is 37.4 Å². The lowest BCUT2D eigenvalue weighted by molar-refractivity contribution is 0.431. The summed E-state index contributed by atoms with van der Waals surface area (Å²) in [4.78, 5) is 93.1. The van der Waals surface area contributed by atoms with Gasteiger partial charge in [0, 0.05) is 80.7 Å². The molecule has 30 heteroatoms. The molecule has 135 heavy (non-hydrogen) atoms. The van der Waals surface area contributed by atoms with E-state index in [1.165, 1.54) is 92.6 Å². The van der Waals surface area contributed by atoms with E-state index in [4.69, 9.17) is 52.8 Å². The molecule has 8 fully saturated rings. The van der Waals surface area contributed by atoms with Crippen LogP contribution in [0.4, 0.5) is 85.5 Å². The van der Waals surface area contributed by atoms with Gasteiger partial charge < -0.3 is 19.6 Å². The van der Waals surface area contributed by atoms with Crippen LogP contribution in [0.3, 0.4) is 0 Å². The van der Waals surface area contributed by atoms with Crippen LogP contribution in [0.2, 0.25) is 5.02 Å². The number of anilines is 4. The Kier molecular flexibility index (Phi) is 27.1. The Bertz CT molecular complexity index is 6580. The van der Waals surface area contributed by atoms with Crippen LogP contribution >= 0.6 is 11.6 Å². The molecule has 4 aliphatic heterocycles. The largest absolute Gasteiger partial charge is 0.356 e. The van der Waals surface area contributed by atoms with Crippen molar-refractivity contribution in [2.75, 3.05) is 72.0 Å². The second-order valence-electron chi connectivity index (χ2n) is 36.8. The molecule has 690 valence electrons. The Hall–Kier alpha value is -13.9. The minimum absolute atomic E-state index is 0.00553. The van der Waals surface area contributed by atoms with Gasteiger partial charge in [-0.05, 0) is 252 Å². The summed E-state index contributed by atoms with van der Waals surface area (Å²) in [6, 6.07) is 36.4. The van der Waals surface area contributed by atoms with E-state index in [9.17, 15) is 54.3 Å². The highest BCUT2D eigenvalue weighted by molar-refractivity contribution is 6.32. The van der Waals surface area contributed by atoms with Gasteiger partial charge in [0.05, 0.1) is 54.6 Å². The fourth-order valence-corrected chi connectivity index (χ4v) is 18.3. The van der Waals surface area contributed by atoms with Gasteiger partial charge in [0.2, 0.25) is 28.6 Å². The van der Waals surface area contributed by atoms with E-state index in [1.807, 2.05) is 4.90 Å². The number of hydrogen-bond acceptors (Lipinski definition) is 12. The molecule has 0 atom stereocenters. The minimum atomic E-state index is -1.02. The van der Waals surface area contributed by atoms with Gasteiger partial charge in [0.25, 0.3) is 22.2 Å². The summed E-state index contributed by atoms with van der Waals surface area (Å²) in [6.45, 7) is 44.5. The standard InChI is InChI=1S/C27H26F2N4O.C26H23ClF2N4O.C26H23F3N4O.C26H24F2N4O/c1-16-10-12-32(13-11-16)25-17(2)27(34)33(20-7-8-21(18-4-5-18)22(28)15-20)26(31-25)19-6-9-24(30-3)23(29)14-19;1-15-9-11-32(12-10-15)25-23(27)26(34)33(18-6-7-19(16-3-4-16)20(28)14-18)24(31-25)17-5-8-22(30-2)21(29)13-17;1-15-9-11-32(12-10-15)25-23(29)26(34)33(18-6-7-19(16-3-4-16)20(27)14-18)24(31-25)17-5-8-22(30-2)21(28)13-17;1-16-9-11-31(12-10-16)24-15-25(33)32(19-6-7-20(17-3-4-17)21(27)14-19)26(30-24)18-5-8-23(29-2)22(28)13-18/h6-9,14-16,18H,4-5,10-13H2,1-2H3;2*5-8,13-16H,3-4,9-12H2,1H3;5-8,13-17H,3-4,9-12H2,1H3. The normalized spacial score (nSPS) is 16.5. The fraction of sp³-hybridized carbons (Fsp3) is 0.352. The smallest absolute Gasteiger partial charge is 0.296 e. The third-order valence-electron chi connectivity index (χ3n) is 26.9. The zero-order valence-corrected chi connectivity index (χ0v) is 75.8. The summed E-state index contributed by atoms with van der Waals surface area (Å²) in [6.07, 6.45) is 15.2. The SMILES string of the molecule is [C-]#[N+]c1ccc(-c2nc(N3CCC(C)CC3)c(C)c(=O)n2-c2ccc(C3CC3)c(F)c2)cc1F.[C-]#[N+]c1ccc(-c2nc(N3CCC(C)CC3)c(Cl)c(=O)n2-c2ccc(C3CC3)c(F)c2)cc1F.[C-]#[N+]c1ccc(-c2nc(N3CCC(C)CC3)c(F)c(=O)n2-c2ccc(C3CC3)c(F)c2)cc1F.[C-]#[N+]c1ccc(-c2nc(N3CCC(C)CC3)cc(=O)n2-c2ccc(C3CC3)c(F)c2)cc1F. The number of hydrogen-bond donors (Lipinski definition) is 0. The number of benzene rings is 8. The van der Waals surface area contributed by atoms with Crippen LogP contribution in [-0.2, 0) is 0 Å². The Balaban J connectivity index is 0.000000125. The van der Waals surface area contributed by atoms with Crippen molar-refractivity contribution in [3.05, 3.63) is 324 Å². The van der Waals surface area contributed by atoms with Crippen LogP contribution in [0.15, 0.2) is 171 Å². The molecule has 8 aliphatic rings. The average Bonchev–Trinajstić information content (AvgIpc) is 1.57. The van der Waals surface area contributed by atoms with E-state index in [2.05, 4.69) is 61.9 Å². The highest BCUT2D eigenvalue weighted by atomic mass is 35.5. The maximum Gasteiger partial charge on any atom is 0.296 e. The summed E-state index contributed by atoms with van der Waals surface area (Å²) in [5, 5.41) is -0.0526. The van der Waals surface area contributed by atoms with E-state index >= 15 is 4.39 Å². The molecule has 4 saturated carbocycles. The number of halogens is 10. The summed E-state index contributed by atoms with van der Waals surface area (Å²) >= 11 is 6.54. The van der Waals surface area contributed by atoms with E-state index in [0.717, 1.165) is 140 Å². The van der Waals surface area contributed by atoms with Crippen LogP contribution in [-0.4, -0.2) is 90.6 Å². The van der Waals surface area contributed by atoms with Gasteiger partial charge in [-0.25, -0.2) is 74.4 Å². The van der Waals surface area contributed by atoms with Crippen LogP contribution < -0.4 is 41.8 Å². The van der Waals surface area contributed by atoms with Crippen LogP contribution in [0.25, 0.3) is 87.7 Å². The van der Waals surface area contributed by atoms with Gasteiger partial charge in [-0.15, -0.1) is 0 Å². The molecular formula is C105H96ClF9N16O4. The lowest BCUT2D eigenvalue weighted by Gasteiger charge is -2.32. The Labute approximate surface area is 779 Å². The zero-order chi connectivity index (χ0) is 95.1. The van der Waals surface area contributed by atoms with E-state index in [-0.39, 0.29) is 120 Å². The second-order valence-corrected chi connectivity index (χ2v) is 37.2. The molecule has 12 aromatic rings. The van der Waals surface area contributed by atoms with Crippen LogP contribution in [0.5, 0.6) is 0 Å². The molecule has 0 unspecified atom stereocenters. The van der Waals surface area contributed by atoms with Gasteiger partial charge in [-0.2, -0.15) is 4.39 Å². The molecule has 20 nitrogen and oxygen atoms in total. The molecule has 0 spiro atoms. The maximum absolute atomic E-state index is 15.4. The Morgan fingerprint density at radius 3 is 0.889 bits per heavy atom. The third-order valence-corrected chi connectivity index (χ3v) is 27.2. The van der Waals surface area contributed by atoms with Crippen LogP contribution in [0.1, 0.15) is 182 Å². The Morgan fingerprint density at radius 1 is 0.304 bits per heavy atom. The lowest BCUT2D eigenvalue weighted by atomic mass is 9.99. The van der Waals surface area contributed by atoms with E-state index in [1.54, 1.807) is 78.6 Å². The second kappa shape index (κ2) is 39.3. The van der Waals surface area contributed by atoms with Crippen molar-refractivity contribution in [3.63, 3.8) is 0 Å². The molecule has 0 amide bonds. The summed E-state index contributed by atoms with van der Waals surface area (Å²) in [5.74, 6) is -0.335. The van der Waals surface area contributed by atoms with Crippen molar-refractivity contribution < 1.29 is 39.5 Å². The first-order valence-corrected chi connectivity index (χ1v) is 46.2. The lowest BCUT2D eigenvalue weighted by Crippen LogP contribution is -2.37. The molecule has 4 aromatic heterocycles. The highest BCUT2D eigenvalue weighted by Crippen LogP contribution is 2.47. The summed E-state index contributed by atoms with van der Waals surface area (Å²) < 4.78 is 138. The predicted octanol–water partition coefficient (Wildman–Crippen LogP) is 24.5.